The Morgan fingerprint density at radius 3 is 2.52 bits per heavy atom. The van der Waals surface area contributed by atoms with Gasteiger partial charge in [0.25, 0.3) is 5.91 Å². The summed E-state index contributed by atoms with van der Waals surface area (Å²) in [6.07, 6.45) is 2.24. The first-order valence-corrected chi connectivity index (χ1v) is 9.91. The molecule has 2 aliphatic rings. The summed E-state index contributed by atoms with van der Waals surface area (Å²) in [5, 5.41) is 0.376. The van der Waals surface area contributed by atoms with E-state index in [1.54, 1.807) is 15.9 Å². The number of esters is 2. The van der Waals surface area contributed by atoms with Gasteiger partial charge in [0.15, 0.2) is 6.61 Å². The number of carbonyl (C=O) groups excluding carboxylic acids is 4. The Morgan fingerprint density at radius 2 is 1.90 bits per heavy atom. The average Bonchev–Trinajstić information content (AvgIpc) is 3.17. The molecule has 0 aromatic heterocycles. The molecule has 0 unspecified atom stereocenters. The molecular weight excluding hydrogens is 400 g/mol. The highest BCUT2D eigenvalue weighted by Crippen LogP contribution is 2.30. The van der Waals surface area contributed by atoms with Crippen molar-refractivity contribution >= 4 is 41.0 Å². The highest BCUT2D eigenvalue weighted by atomic mass is 35.5. The van der Waals surface area contributed by atoms with Crippen molar-refractivity contribution in [1.29, 1.82) is 0 Å². The molecule has 1 aromatic carbocycles. The van der Waals surface area contributed by atoms with E-state index in [9.17, 15) is 19.2 Å². The van der Waals surface area contributed by atoms with Crippen LogP contribution >= 0.6 is 11.6 Å². The lowest BCUT2D eigenvalue weighted by atomic mass is 9.97. The Balaban J connectivity index is 1.55. The predicted molar refractivity (Wildman–Crippen MR) is 105 cm³/mol. The number of nitrogens with zero attached hydrogens (tertiary/aromatic N) is 2. The molecule has 0 aliphatic carbocycles. The van der Waals surface area contributed by atoms with Crippen LogP contribution in [0.4, 0.5) is 5.69 Å². The number of anilines is 1. The van der Waals surface area contributed by atoms with Crippen LogP contribution in [0.25, 0.3) is 0 Å². The standard InChI is InChI=1S/C20H23ClN2O6/c1-28-19(26)13-6-9-22(10-7-13)18(25)12-29-20(27)14-4-5-15(21)16(11-14)23-8-2-3-17(23)24/h4-5,11,13H,2-3,6-10,12H2,1H3. The molecule has 1 aromatic rings. The molecule has 2 amide bonds. The van der Waals surface area contributed by atoms with Crippen LogP contribution in [0.3, 0.4) is 0 Å². The molecule has 0 atom stereocenters. The Hall–Kier alpha value is -2.61. The average molecular weight is 423 g/mol. The maximum Gasteiger partial charge on any atom is 0.338 e. The van der Waals surface area contributed by atoms with Crippen LogP contribution in [0.5, 0.6) is 0 Å². The summed E-state index contributed by atoms with van der Waals surface area (Å²) < 4.78 is 9.88. The van der Waals surface area contributed by atoms with E-state index in [0.717, 1.165) is 6.42 Å². The molecule has 9 heteroatoms. The zero-order valence-electron chi connectivity index (χ0n) is 16.2. The molecular formula is C20H23ClN2O6. The van der Waals surface area contributed by atoms with Gasteiger partial charge in [0.05, 0.1) is 29.3 Å². The SMILES string of the molecule is COC(=O)C1CCN(C(=O)COC(=O)c2ccc(Cl)c(N3CCCC3=O)c2)CC1. The van der Waals surface area contributed by atoms with Crippen molar-refractivity contribution < 1.29 is 28.7 Å². The van der Waals surface area contributed by atoms with Crippen molar-refractivity contribution in [3.05, 3.63) is 28.8 Å². The third kappa shape index (κ3) is 4.87. The zero-order valence-corrected chi connectivity index (χ0v) is 16.9. The Morgan fingerprint density at radius 1 is 1.17 bits per heavy atom. The van der Waals surface area contributed by atoms with Gasteiger partial charge in [-0.3, -0.25) is 14.4 Å². The molecule has 156 valence electrons. The van der Waals surface area contributed by atoms with E-state index in [2.05, 4.69) is 0 Å². The highest BCUT2D eigenvalue weighted by molar-refractivity contribution is 6.34. The maximum atomic E-state index is 12.4. The van der Waals surface area contributed by atoms with Gasteiger partial charge in [-0.05, 0) is 37.5 Å². The second kappa shape index (κ2) is 9.26. The molecule has 3 rings (SSSR count). The van der Waals surface area contributed by atoms with Crippen molar-refractivity contribution in [2.45, 2.75) is 25.7 Å². The van der Waals surface area contributed by atoms with Gasteiger partial charge in [-0.15, -0.1) is 0 Å². The fourth-order valence-electron chi connectivity index (χ4n) is 3.58. The van der Waals surface area contributed by atoms with Crippen LogP contribution in [0, 0.1) is 5.92 Å². The number of carbonyl (C=O) groups is 4. The van der Waals surface area contributed by atoms with Crippen molar-refractivity contribution in [3.63, 3.8) is 0 Å². The minimum Gasteiger partial charge on any atom is -0.469 e. The van der Waals surface area contributed by atoms with Gasteiger partial charge in [0, 0.05) is 26.1 Å². The normalized spacial score (nSPS) is 17.4. The number of rotatable bonds is 5. The van der Waals surface area contributed by atoms with Gasteiger partial charge in [0.1, 0.15) is 0 Å². The van der Waals surface area contributed by atoms with E-state index in [4.69, 9.17) is 21.1 Å². The maximum absolute atomic E-state index is 12.4. The number of amides is 2. The summed E-state index contributed by atoms with van der Waals surface area (Å²) >= 11 is 6.18. The Labute approximate surface area is 173 Å². The third-order valence-electron chi connectivity index (χ3n) is 5.25. The molecule has 0 radical (unpaired) electrons. The van der Waals surface area contributed by atoms with Crippen LogP contribution in [-0.4, -0.2) is 62.0 Å². The number of ether oxygens (including phenoxy) is 2. The minimum absolute atomic E-state index is 0.0389. The first kappa shape index (κ1) is 21.1. The van der Waals surface area contributed by atoms with E-state index in [0.29, 0.717) is 49.6 Å². The summed E-state index contributed by atoms with van der Waals surface area (Å²) in [6, 6.07) is 4.56. The smallest absolute Gasteiger partial charge is 0.338 e. The molecule has 29 heavy (non-hydrogen) atoms. The number of halogens is 1. The second-order valence-electron chi connectivity index (χ2n) is 7.07. The molecule has 2 saturated heterocycles. The molecule has 2 fully saturated rings. The van der Waals surface area contributed by atoms with Gasteiger partial charge in [-0.2, -0.15) is 0 Å². The lowest BCUT2D eigenvalue weighted by Crippen LogP contribution is -2.42. The summed E-state index contributed by atoms with van der Waals surface area (Å²) in [5.74, 6) is -1.48. The monoisotopic (exact) mass is 422 g/mol. The number of likely N-dealkylation sites (tertiary alicyclic amines) is 1. The largest absolute Gasteiger partial charge is 0.469 e. The van der Waals surface area contributed by atoms with Crippen LogP contribution in [0.15, 0.2) is 18.2 Å². The molecule has 0 spiro atoms. The van der Waals surface area contributed by atoms with Gasteiger partial charge in [-0.1, -0.05) is 11.6 Å². The van der Waals surface area contributed by atoms with Crippen LogP contribution in [0.2, 0.25) is 5.02 Å². The molecule has 8 nitrogen and oxygen atoms in total. The molecule has 0 saturated carbocycles. The first-order chi connectivity index (χ1) is 13.9. The van der Waals surface area contributed by atoms with Crippen molar-refractivity contribution in [2.24, 2.45) is 5.92 Å². The number of piperidine rings is 1. The van der Waals surface area contributed by atoms with Crippen LogP contribution < -0.4 is 4.90 Å². The van der Waals surface area contributed by atoms with Crippen molar-refractivity contribution in [1.82, 2.24) is 4.90 Å². The van der Waals surface area contributed by atoms with E-state index in [1.165, 1.54) is 19.2 Å². The molecule has 0 N–H and O–H groups in total. The third-order valence-corrected chi connectivity index (χ3v) is 5.57. The van der Waals surface area contributed by atoms with E-state index in [1.807, 2.05) is 0 Å². The lowest BCUT2D eigenvalue weighted by Gasteiger charge is -2.30. The lowest BCUT2D eigenvalue weighted by molar-refractivity contribution is -0.149. The van der Waals surface area contributed by atoms with E-state index < -0.39 is 5.97 Å². The summed E-state index contributed by atoms with van der Waals surface area (Å²) in [6.45, 7) is 0.996. The molecule has 0 bridgehead atoms. The van der Waals surface area contributed by atoms with Gasteiger partial charge >= 0.3 is 11.9 Å². The summed E-state index contributed by atoms with van der Waals surface area (Å²) in [4.78, 5) is 51.3. The van der Waals surface area contributed by atoms with Crippen molar-refractivity contribution in [3.8, 4) is 0 Å². The first-order valence-electron chi connectivity index (χ1n) is 9.53. The number of hydrogen-bond donors (Lipinski definition) is 0. The zero-order chi connectivity index (χ0) is 21.0. The number of benzene rings is 1. The quantitative estimate of drug-likeness (QED) is 0.674. The van der Waals surface area contributed by atoms with Gasteiger partial charge in [0.2, 0.25) is 5.91 Å². The second-order valence-corrected chi connectivity index (χ2v) is 7.48. The van der Waals surface area contributed by atoms with E-state index in [-0.39, 0.29) is 35.9 Å². The fourth-order valence-corrected chi connectivity index (χ4v) is 3.80. The number of methoxy groups -OCH3 is 1. The van der Waals surface area contributed by atoms with Crippen LogP contribution in [-0.2, 0) is 23.9 Å². The summed E-state index contributed by atoms with van der Waals surface area (Å²) in [7, 11) is 1.35. The van der Waals surface area contributed by atoms with E-state index >= 15 is 0 Å². The number of hydrogen-bond acceptors (Lipinski definition) is 6. The van der Waals surface area contributed by atoms with Crippen molar-refractivity contribution in [2.75, 3.05) is 38.3 Å². The fraction of sp³-hybridized carbons (Fsp3) is 0.500. The minimum atomic E-state index is -0.660. The van der Waals surface area contributed by atoms with Gasteiger partial charge < -0.3 is 19.3 Å². The van der Waals surface area contributed by atoms with Crippen LogP contribution in [0.1, 0.15) is 36.0 Å². The highest BCUT2D eigenvalue weighted by Gasteiger charge is 2.29. The molecule has 2 aliphatic heterocycles. The van der Waals surface area contributed by atoms with Gasteiger partial charge in [-0.25, -0.2) is 4.79 Å². The summed E-state index contributed by atoms with van der Waals surface area (Å²) in [5.41, 5.74) is 0.695. The molecule has 2 heterocycles. The predicted octanol–water partition coefficient (Wildman–Crippen LogP) is 2.04. The Kier molecular flexibility index (Phi) is 6.74. The Bertz CT molecular complexity index is 819. The topological polar surface area (TPSA) is 93.2 Å².